The number of quaternary nitrogens is 1. The van der Waals surface area contributed by atoms with Crippen molar-refractivity contribution >= 4 is 17.7 Å². The van der Waals surface area contributed by atoms with Gasteiger partial charge in [0.2, 0.25) is 0 Å². The summed E-state index contributed by atoms with van der Waals surface area (Å²) < 4.78 is 0. The quantitative estimate of drug-likeness (QED) is 0.731. The SMILES string of the molecule is C[NH+]1CCN(NC(=O)c2ccc3c(c2)C(=O)N(Cc2ccccc2)C3=O)CC1. The Labute approximate surface area is 163 Å². The molecule has 2 N–H and O–H groups in total. The van der Waals surface area contributed by atoms with Gasteiger partial charge in [-0.25, -0.2) is 5.01 Å². The van der Waals surface area contributed by atoms with Gasteiger partial charge in [-0.2, -0.15) is 0 Å². The van der Waals surface area contributed by atoms with Gasteiger partial charge < -0.3 is 4.90 Å². The summed E-state index contributed by atoms with van der Waals surface area (Å²) in [6.07, 6.45) is 0. The standard InChI is InChI=1S/C21H22N4O3/c1-23-9-11-24(12-10-23)22-19(26)16-7-8-17-18(13-16)21(28)25(20(17)27)14-15-5-3-2-4-6-15/h2-8,13H,9-12,14H2,1H3,(H,22,26)/p+1. The predicted octanol–water partition coefficient (Wildman–Crippen LogP) is -0.0421. The summed E-state index contributed by atoms with van der Waals surface area (Å²) in [5.41, 5.74) is 4.80. The Kier molecular flexibility index (Phi) is 4.93. The summed E-state index contributed by atoms with van der Waals surface area (Å²) >= 11 is 0. The summed E-state index contributed by atoms with van der Waals surface area (Å²) in [7, 11) is 2.13. The molecule has 0 atom stereocenters. The smallest absolute Gasteiger partial charge is 0.265 e. The van der Waals surface area contributed by atoms with Crippen LogP contribution in [0.4, 0.5) is 0 Å². The number of piperazine rings is 1. The van der Waals surface area contributed by atoms with Gasteiger partial charge >= 0.3 is 0 Å². The van der Waals surface area contributed by atoms with Crippen molar-refractivity contribution < 1.29 is 19.3 Å². The first-order valence-corrected chi connectivity index (χ1v) is 9.44. The number of benzene rings is 2. The molecule has 7 heteroatoms. The molecule has 0 unspecified atom stereocenters. The molecule has 3 amide bonds. The van der Waals surface area contributed by atoms with E-state index < -0.39 is 0 Å². The van der Waals surface area contributed by atoms with Gasteiger partial charge in [-0.05, 0) is 23.8 Å². The summed E-state index contributed by atoms with van der Waals surface area (Å²) in [5.74, 6) is -0.941. The molecule has 1 saturated heterocycles. The van der Waals surface area contributed by atoms with Crippen LogP contribution in [-0.2, 0) is 6.54 Å². The maximum Gasteiger partial charge on any atom is 0.265 e. The Balaban J connectivity index is 1.49. The average molecular weight is 379 g/mol. The highest BCUT2D eigenvalue weighted by Crippen LogP contribution is 2.25. The van der Waals surface area contributed by atoms with E-state index in [-0.39, 0.29) is 29.8 Å². The van der Waals surface area contributed by atoms with E-state index in [1.165, 1.54) is 15.9 Å². The molecule has 2 aromatic carbocycles. The Morgan fingerprint density at radius 2 is 1.68 bits per heavy atom. The summed E-state index contributed by atoms with van der Waals surface area (Å²) in [4.78, 5) is 40.7. The lowest BCUT2D eigenvalue weighted by Crippen LogP contribution is -3.12. The van der Waals surface area contributed by atoms with Gasteiger partial charge in [0.15, 0.2) is 0 Å². The van der Waals surface area contributed by atoms with Crippen molar-refractivity contribution in [2.24, 2.45) is 0 Å². The molecule has 0 aromatic heterocycles. The largest absolute Gasteiger partial charge is 0.335 e. The van der Waals surface area contributed by atoms with Gasteiger partial charge in [-0.15, -0.1) is 0 Å². The Morgan fingerprint density at radius 1 is 1.00 bits per heavy atom. The molecule has 2 aliphatic heterocycles. The van der Waals surface area contributed by atoms with E-state index in [1.54, 1.807) is 12.1 Å². The minimum absolute atomic E-state index is 0.221. The van der Waals surface area contributed by atoms with Crippen molar-refractivity contribution in [1.29, 1.82) is 0 Å². The van der Waals surface area contributed by atoms with Gasteiger partial charge in [0, 0.05) is 5.56 Å². The first kappa shape index (κ1) is 18.3. The van der Waals surface area contributed by atoms with Crippen LogP contribution in [0.5, 0.6) is 0 Å². The Bertz CT molecular complexity index is 921. The van der Waals surface area contributed by atoms with Crippen molar-refractivity contribution in [3.63, 3.8) is 0 Å². The van der Waals surface area contributed by atoms with Crippen molar-refractivity contribution in [2.45, 2.75) is 6.54 Å². The molecule has 2 aliphatic rings. The summed E-state index contributed by atoms with van der Waals surface area (Å²) in [5, 5.41) is 1.90. The fourth-order valence-corrected chi connectivity index (χ4v) is 3.55. The van der Waals surface area contributed by atoms with E-state index >= 15 is 0 Å². The zero-order valence-electron chi connectivity index (χ0n) is 15.8. The van der Waals surface area contributed by atoms with Crippen LogP contribution in [0.2, 0.25) is 0 Å². The topological polar surface area (TPSA) is 74.2 Å². The predicted molar refractivity (Wildman–Crippen MR) is 103 cm³/mol. The normalized spacial score (nSPS) is 17.7. The molecule has 0 radical (unpaired) electrons. The molecular weight excluding hydrogens is 356 g/mol. The van der Waals surface area contributed by atoms with Gasteiger partial charge in [0.05, 0.1) is 50.9 Å². The monoisotopic (exact) mass is 379 g/mol. The number of nitrogens with one attached hydrogen (secondary N) is 2. The Morgan fingerprint density at radius 3 is 2.39 bits per heavy atom. The van der Waals surface area contributed by atoms with E-state index in [2.05, 4.69) is 12.5 Å². The molecule has 4 rings (SSSR count). The highest BCUT2D eigenvalue weighted by atomic mass is 16.2. The Hall–Kier alpha value is -3.03. The molecule has 7 nitrogen and oxygen atoms in total. The van der Waals surface area contributed by atoms with Crippen LogP contribution in [0, 0.1) is 0 Å². The third kappa shape index (κ3) is 3.54. The van der Waals surface area contributed by atoms with E-state index in [0.29, 0.717) is 11.1 Å². The summed E-state index contributed by atoms with van der Waals surface area (Å²) in [6.45, 7) is 3.71. The molecule has 0 saturated carbocycles. The second-order valence-electron chi connectivity index (χ2n) is 7.33. The van der Waals surface area contributed by atoms with Crippen molar-refractivity contribution in [3.8, 4) is 0 Å². The number of nitrogens with zero attached hydrogens (tertiary/aromatic N) is 2. The van der Waals surface area contributed by atoms with Gasteiger partial charge in [-0.1, -0.05) is 30.3 Å². The first-order chi connectivity index (χ1) is 13.5. The molecule has 28 heavy (non-hydrogen) atoms. The highest BCUT2D eigenvalue weighted by Gasteiger charge is 2.36. The molecule has 0 aliphatic carbocycles. The lowest BCUT2D eigenvalue weighted by atomic mass is 10.1. The van der Waals surface area contributed by atoms with Crippen LogP contribution in [0.25, 0.3) is 0 Å². The van der Waals surface area contributed by atoms with E-state index in [4.69, 9.17) is 0 Å². The number of likely N-dealkylation sites (N-methyl/N-ethyl adjacent to an activating group) is 1. The minimum atomic E-state index is -0.360. The average Bonchev–Trinajstić information content (AvgIpc) is 2.95. The van der Waals surface area contributed by atoms with Crippen molar-refractivity contribution in [2.75, 3.05) is 33.2 Å². The fraction of sp³-hybridized carbons (Fsp3) is 0.286. The van der Waals surface area contributed by atoms with Crippen molar-refractivity contribution in [3.05, 3.63) is 70.8 Å². The zero-order chi connectivity index (χ0) is 19.7. The van der Waals surface area contributed by atoms with Gasteiger partial charge in [-0.3, -0.25) is 24.7 Å². The molecule has 1 fully saturated rings. The molecule has 2 aromatic rings. The summed E-state index contributed by atoms with van der Waals surface area (Å²) in [6, 6.07) is 14.1. The maximum atomic E-state index is 12.8. The van der Waals surface area contributed by atoms with Crippen LogP contribution in [0.15, 0.2) is 48.5 Å². The van der Waals surface area contributed by atoms with E-state index in [0.717, 1.165) is 31.7 Å². The van der Waals surface area contributed by atoms with Crippen molar-refractivity contribution in [1.82, 2.24) is 15.3 Å². The number of amides is 3. The first-order valence-electron chi connectivity index (χ1n) is 9.44. The number of imide groups is 1. The number of carbonyl (C=O) groups excluding carboxylic acids is 3. The molecular formula is C21H23N4O3+. The third-order valence-electron chi connectivity index (χ3n) is 5.29. The maximum absolute atomic E-state index is 12.8. The van der Waals surface area contributed by atoms with Crippen LogP contribution in [-0.4, -0.2) is 60.9 Å². The number of hydrogen-bond donors (Lipinski definition) is 2. The zero-order valence-corrected chi connectivity index (χ0v) is 15.8. The second-order valence-corrected chi connectivity index (χ2v) is 7.33. The van der Waals surface area contributed by atoms with E-state index in [1.807, 2.05) is 35.3 Å². The second kappa shape index (κ2) is 7.53. The highest BCUT2D eigenvalue weighted by molar-refractivity contribution is 6.22. The molecule has 144 valence electrons. The number of carbonyl (C=O) groups is 3. The lowest BCUT2D eigenvalue weighted by molar-refractivity contribution is -0.884. The number of hydrogen-bond acceptors (Lipinski definition) is 4. The lowest BCUT2D eigenvalue weighted by Gasteiger charge is -2.30. The molecule has 0 spiro atoms. The number of hydrazine groups is 1. The van der Waals surface area contributed by atoms with Crippen LogP contribution < -0.4 is 10.3 Å². The van der Waals surface area contributed by atoms with E-state index in [9.17, 15) is 14.4 Å². The molecule has 2 heterocycles. The number of rotatable bonds is 4. The third-order valence-corrected chi connectivity index (χ3v) is 5.29. The van der Waals surface area contributed by atoms with Gasteiger partial charge in [0.25, 0.3) is 17.7 Å². The number of fused-ring (bicyclic) bond motifs is 1. The minimum Gasteiger partial charge on any atom is -0.335 e. The molecule has 0 bridgehead atoms. The fourth-order valence-electron chi connectivity index (χ4n) is 3.55. The van der Waals surface area contributed by atoms with Crippen LogP contribution in [0.1, 0.15) is 36.6 Å². The van der Waals surface area contributed by atoms with Crippen LogP contribution >= 0.6 is 0 Å². The van der Waals surface area contributed by atoms with Gasteiger partial charge in [0.1, 0.15) is 0 Å². The van der Waals surface area contributed by atoms with Crippen LogP contribution in [0.3, 0.4) is 0 Å².